The number of esters is 1. The molecule has 8 heteroatoms. The SMILES string of the molecule is CCOc1ccc(N(CCC#N)C(=O)COC(=O)c2[nH]c(C)c(C(C)=O)c2C)cc1. The number of carbonyl (C=O) groups is 3. The number of Topliss-reactive ketones (excluding diaryl/α,β-unsaturated/α-hetero) is 1. The molecule has 1 heterocycles. The van der Waals surface area contributed by atoms with Crippen molar-refractivity contribution in [3.05, 3.63) is 46.8 Å². The van der Waals surface area contributed by atoms with Gasteiger partial charge in [-0.3, -0.25) is 9.59 Å². The van der Waals surface area contributed by atoms with Crippen LogP contribution in [0.3, 0.4) is 0 Å². The molecule has 1 aromatic heterocycles. The van der Waals surface area contributed by atoms with Gasteiger partial charge in [-0.15, -0.1) is 0 Å². The molecule has 8 nitrogen and oxygen atoms in total. The Morgan fingerprint density at radius 3 is 2.37 bits per heavy atom. The van der Waals surface area contributed by atoms with Gasteiger partial charge in [0, 0.05) is 23.5 Å². The average Bonchev–Trinajstić information content (AvgIpc) is 3.02. The lowest BCUT2D eigenvalue weighted by atomic mass is 10.1. The second-order valence-corrected chi connectivity index (χ2v) is 6.64. The van der Waals surface area contributed by atoms with Crippen LogP contribution in [0.15, 0.2) is 24.3 Å². The van der Waals surface area contributed by atoms with E-state index in [9.17, 15) is 14.4 Å². The number of hydrogen-bond donors (Lipinski definition) is 1. The number of aromatic nitrogens is 1. The molecule has 0 aliphatic heterocycles. The quantitative estimate of drug-likeness (QED) is 0.500. The van der Waals surface area contributed by atoms with E-state index in [1.807, 2.05) is 13.0 Å². The molecule has 0 aliphatic carbocycles. The standard InChI is InChI=1S/C22H25N3O5/c1-5-29-18-9-7-17(8-10-18)25(12-6-11-23)19(27)13-30-22(28)21-14(2)20(16(4)26)15(3)24-21/h7-10,24H,5-6,12-13H2,1-4H3. The fourth-order valence-electron chi connectivity index (χ4n) is 3.21. The van der Waals surface area contributed by atoms with Gasteiger partial charge in [0.05, 0.1) is 19.1 Å². The third-order valence-electron chi connectivity index (χ3n) is 4.53. The van der Waals surface area contributed by atoms with Crippen molar-refractivity contribution in [2.45, 2.75) is 34.1 Å². The summed E-state index contributed by atoms with van der Waals surface area (Å²) in [6, 6.07) is 8.88. The molecule has 1 aromatic carbocycles. The first-order valence-corrected chi connectivity index (χ1v) is 9.57. The Morgan fingerprint density at radius 2 is 1.83 bits per heavy atom. The summed E-state index contributed by atoms with van der Waals surface area (Å²) < 4.78 is 10.6. The van der Waals surface area contributed by atoms with Gasteiger partial charge in [-0.2, -0.15) is 5.26 Å². The smallest absolute Gasteiger partial charge is 0.355 e. The number of nitrogens with one attached hydrogen (secondary N) is 1. The number of rotatable bonds is 9. The summed E-state index contributed by atoms with van der Waals surface area (Å²) in [5, 5.41) is 8.90. The summed E-state index contributed by atoms with van der Waals surface area (Å²) in [4.78, 5) is 41.1. The molecule has 2 rings (SSSR count). The van der Waals surface area contributed by atoms with E-state index < -0.39 is 18.5 Å². The zero-order valence-electron chi connectivity index (χ0n) is 17.6. The zero-order chi connectivity index (χ0) is 22.3. The van der Waals surface area contributed by atoms with Gasteiger partial charge >= 0.3 is 5.97 Å². The molecule has 0 radical (unpaired) electrons. The van der Waals surface area contributed by atoms with Crippen molar-refractivity contribution in [1.82, 2.24) is 4.98 Å². The molecular weight excluding hydrogens is 386 g/mol. The topological polar surface area (TPSA) is 112 Å². The Balaban J connectivity index is 2.12. The second kappa shape index (κ2) is 10.3. The first-order valence-electron chi connectivity index (χ1n) is 9.57. The highest BCUT2D eigenvalue weighted by Gasteiger charge is 2.23. The monoisotopic (exact) mass is 411 g/mol. The van der Waals surface area contributed by atoms with Crippen LogP contribution in [0.25, 0.3) is 0 Å². The molecule has 158 valence electrons. The maximum absolute atomic E-state index is 12.7. The average molecular weight is 411 g/mol. The van der Waals surface area contributed by atoms with Crippen LogP contribution in [0.5, 0.6) is 5.75 Å². The van der Waals surface area contributed by atoms with Crippen LogP contribution in [0.4, 0.5) is 5.69 Å². The Labute approximate surface area is 175 Å². The highest BCUT2D eigenvalue weighted by Crippen LogP contribution is 2.21. The van der Waals surface area contributed by atoms with Crippen molar-refractivity contribution in [2.75, 3.05) is 24.7 Å². The van der Waals surface area contributed by atoms with E-state index in [1.165, 1.54) is 11.8 Å². The minimum absolute atomic E-state index is 0.129. The molecule has 1 N–H and O–H groups in total. The van der Waals surface area contributed by atoms with Gasteiger partial charge in [-0.1, -0.05) is 0 Å². The molecular formula is C22H25N3O5. The van der Waals surface area contributed by atoms with Crippen molar-refractivity contribution >= 4 is 23.3 Å². The lowest BCUT2D eigenvalue weighted by Crippen LogP contribution is -2.35. The van der Waals surface area contributed by atoms with Crippen molar-refractivity contribution in [3.63, 3.8) is 0 Å². The predicted molar refractivity (Wildman–Crippen MR) is 111 cm³/mol. The number of nitriles is 1. The highest BCUT2D eigenvalue weighted by molar-refractivity contribution is 6.02. The first kappa shape index (κ1) is 22.7. The minimum atomic E-state index is -0.719. The van der Waals surface area contributed by atoms with Gasteiger partial charge in [0.25, 0.3) is 5.91 Å². The summed E-state index contributed by atoms with van der Waals surface area (Å²) in [6.07, 6.45) is 0.129. The summed E-state index contributed by atoms with van der Waals surface area (Å²) in [5.41, 5.74) is 2.22. The summed E-state index contributed by atoms with van der Waals surface area (Å²) in [7, 11) is 0. The number of amides is 1. The largest absolute Gasteiger partial charge is 0.494 e. The number of ether oxygens (including phenoxy) is 2. The minimum Gasteiger partial charge on any atom is -0.494 e. The number of ketones is 1. The van der Waals surface area contributed by atoms with Crippen LogP contribution in [0.2, 0.25) is 0 Å². The molecule has 0 atom stereocenters. The molecule has 1 amide bonds. The number of H-pyrrole nitrogens is 1. The molecule has 2 aromatic rings. The highest BCUT2D eigenvalue weighted by atomic mass is 16.5. The van der Waals surface area contributed by atoms with E-state index >= 15 is 0 Å². The maximum atomic E-state index is 12.7. The van der Waals surface area contributed by atoms with Crippen LogP contribution < -0.4 is 9.64 Å². The Morgan fingerprint density at radius 1 is 1.17 bits per heavy atom. The predicted octanol–water partition coefficient (Wildman–Crippen LogP) is 3.34. The van der Waals surface area contributed by atoms with Gasteiger partial charge in [0.15, 0.2) is 12.4 Å². The lowest BCUT2D eigenvalue weighted by molar-refractivity contribution is -0.121. The van der Waals surface area contributed by atoms with Gasteiger partial charge < -0.3 is 19.4 Å². The van der Waals surface area contributed by atoms with Crippen LogP contribution in [-0.4, -0.2) is 42.4 Å². The van der Waals surface area contributed by atoms with E-state index in [2.05, 4.69) is 4.98 Å². The van der Waals surface area contributed by atoms with Crippen LogP contribution in [0, 0.1) is 25.2 Å². The van der Waals surface area contributed by atoms with Gasteiger partial charge in [-0.05, 0) is 57.5 Å². The fourth-order valence-corrected chi connectivity index (χ4v) is 3.21. The molecule has 0 aliphatic rings. The summed E-state index contributed by atoms with van der Waals surface area (Å²) in [6.45, 7) is 6.83. The number of anilines is 1. The number of aromatic amines is 1. The molecule has 0 saturated carbocycles. The number of benzene rings is 1. The van der Waals surface area contributed by atoms with E-state index in [0.29, 0.717) is 34.9 Å². The van der Waals surface area contributed by atoms with Crippen LogP contribution in [0.1, 0.15) is 52.4 Å². The molecule has 0 saturated heterocycles. The van der Waals surface area contributed by atoms with Crippen molar-refractivity contribution in [2.24, 2.45) is 0 Å². The Bertz CT molecular complexity index is 970. The molecule has 0 unspecified atom stereocenters. The van der Waals surface area contributed by atoms with Crippen LogP contribution >= 0.6 is 0 Å². The van der Waals surface area contributed by atoms with Crippen molar-refractivity contribution in [3.8, 4) is 11.8 Å². The first-order chi connectivity index (χ1) is 14.3. The molecule has 0 fully saturated rings. The van der Waals surface area contributed by atoms with Crippen LogP contribution in [-0.2, 0) is 9.53 Å². The number of nitrogens with zero attached hydrogens (tertiary/aromatic N) is 2. The third kappa shape index (κ3) is 5.26. The van der Waals surface area contributed by atoms with Crippen molar-refractivity contribution < 1.29 is 23.9 Å². The third-order valence-corrected chi connectivity index (χ3v) is 4.53. The lowest BCUT2D eigenvalue weighted by Gasteiger charge is -2.22. The zero-order valence-corrected chi connectivity index (χ0v) is 17.6. The van der Waals surface area contributed by atoms with E-state index in [1.54, 1.807) is 38.1 Å². The summed E-state index contributed by atoms with van der Waals surface area (Å²) in [5.74, 6) is -0.673. The molecule has 30 heavy (non-hydrogen) atoms. The number of aryl methyl sites for hydroxylation is 1. The summed E-state index contributed by atoms with van der Waals surface area (Å²) >= 11 is 0. The second-order valence-electron chi connectivity index (χ2n) is 6.64. The Hall–Kier alpha value is -3.60. The van der Waals surface area contributed by atoms with Gasteiger partial charge in [0.2, 0.25) is 0 Å². The molecule has 0 bridgehead atoms. The molecule has 0 spiro atoms. The fraction of sp³-hybridized carbons (Fsp3) is 0.364. The maximum Gasteiger partial charge on any atom is 0.355 e. The van der Waals surface area contributed by atoms with Gasteiger partial charge in [-0.25, -0.2) is 4.79 Å². The number of hydrogen-bond acceptors (Lipinski definition) is 6. The van der Waals surface area contributed by atoms with Crippen molar-refractivity contribution in [1.29, 1.82) is 5.26 Å². The van der Waals surface area contributed by atoms with E-state index in [4.69, 9.17) is 14.7 Å². The Kier molecular flexibility index (Phi) is 7.76. The van der Waals surface area contributed by atoms with E-state index in [-0.39, 0.29) is 24.4 Å². The normalized spacial score (nSPS) is 10.2. The number of carbonyl (C=O) groups excluding carboxylic acids is 3. The van der Waals surface area contributed by atoms with Gasteiger partial charge in [0.1, 0.15) is 11.4 Å². The van der Waals surface area contributed by atoms with E-state index in [0.717, 1.165) is 0 Å².